The van der Waals surface area contributed by atoms with Crippen molar-refractivity contribution in [2.24, 2.45) is 5.92 Å². The maximum absolute atomic E-state index is 12.1. The highest BCUT2D eigenvalue weighted by molar-refractivity contribution is 5.94. The lowest BCUT2D eigenvalue weighted by Gasteiger charge is -2.17. The third-order valence-corrected chi connectivity index (χ3v) is 4.70. The van der Waals surface area contributed by atoms with Crippen molar-refractivity contribution in [2.45, 2.75) is 19.9 Å². The van der Waals surface area contributed by atoms with Gasteiger partial charge in [-0.25, -0.2) is 0 Å². The number of rotatable bonds is 6. The first-order valence-corrected chi connectivity index (χ1v) is 8.77. The molecule has 2 aromatic carbocycles. The van der Waals surface area contributed by atoms with Crippen LogP contribution in [0.1, 0.15) is 39.6 Å². The fraction of sp³-hybridized carbons (Fsp3) is 0.333. The van der Waals surface area contributed by atoms with Crippen LogP contribution in [0.5, 0.6) is 0 Å². The zero-order valence-corrected chi connectivity index (χ0v) is 14.6. The molecule has 1 saturated heterocycles. The SMILES string of the molecule is CC(=O)c1cccc(CN2CC[C@@H](CNC(=O)c3ccccc3)C2)c1. The molecule has 0 bridgehead atoms. The van der Waals surface area contributed by atoms with Crippen LogP contribution in [-0.2, 0) is 6.54 Å². The number of hydrogen-bond donors (Lipinski definition) is 1. The van der Waals surface area contributed by atoms with Crippen LogP contribution in [-0.4, -0.2) is 36.2 Å². The number of nitrogens with zero attached hydrogens (tertiary/aromatic N) is 1. The Balaban J connectivity index is 1.48. The summed E-state index contributed by atoms with van der Waals surface area (Å²) >= 11 is 0. The maximum atomic E-state index is 12.1. The molecule has 0 radical (unpaired) electrons. The second-order valence-electron chi connectivity index (χ2n) is 6.72. The third kappa shape index (κ3) is 4.77. The van der Waals surface area contributed by atoms with Crippen LogP contribution in [0.4, 0.5) is 0 Å². The zero-order chi connectivity index (χ0) is 17.6. The Morgan fingerprint density at radius 1 is 1.08 bits per heavy atom. The summed E-state index contributed by atoms with van der Waals surface area (Å²) in [7, 11) is 0. The molecular formula is C21H24N2O2. The van der Waals surface area contributed by atoms with Gasteiger partial charge >= 0.3 is 0 Å². The van der Waals surface area contributed by atoms with Gasteiger partial charge in [0.2, 0.25) is 0 Å². The molecule has 1 aliphatic rings. The number of Topliss-reactive ketones (excluding diaryl/α,β-unsaturated/α-hetero) is 1. The zero-order valence-electron chi connectivity index (χ0n) is 14.6. The lowest BCUT2D eigenvalue weighted by molar-refractivity contribution is 0.0946. The predicted octanol–water partition coefficient (Wildman–Crippen LogP) is 3.14. The molecule has 4 nitrogen and oxygen atoms in total. The van der Waals surface area contributed by atoms with Gasteiger partial charge < -0.3 is 5.32 Å². The second-order valence-corrected chi connectivity index (χ2v) is 6.72. The lowest BCUT2D eigenvalue weighted by Crippen LogP contribution is -2.30. The molecular weight excluding hydrogens is 312 g/mol. The molecule has 1 N–H and O–H groups in total. The van der Waals surface area contributed by atoms with Gasteiger partial charge in [0, 0.05) is 30.8 Å². The summed E-state index contributed by atoms with van der Waals surface area (Å²) in [6.07, 6.45) is 1.08. The fourth-order valence-electron chi connectivity index (χ4n) is 3.30. The van der Waals surface area contributed by atoms with E-state index in [4.69, 9.17) is 0 Å². The first-order valence-electron chi connectivity index (χ1n) is 8.77. The van der Waals surface area contributed by atoms with Gasteiger partial charge in [-0.05, 0) is 49.6 Å². The number of carbonyl (C=O) groups is 2. The van der Waals surface area contributed by atoms with Gasteiger partial charge in [0.05, 0.1) is 0 Å². The molecule has 0 unspecified atom stereocenters. The van der Waals surface area contributed by atoms with Crippen molar-refractivity contribution < 1.29 is 9.59 Å². The van der Waals surface area contributed by atoms with Crippen LogP contribution in [0.15, 0.2) is 54.6 Å². The summed E-state index contributed by atoms with van der Waals surface area (Å²) in [5, 5.41) is 3.04. The number of hydrogen-bond acceptors (Lipinski definition) is 3. The first kappa shape index (κ1) is 17.4. The van der Waals surface area contributed by atoms with E-state index in [2.05, 4.69) is 16.3 Å². The monoisotopic (exact) mass is 336 g/mol. The Morgan fingerprint density at radius 2 is 1.84 bits per heavy atom. The minimum Gasteiger partial charge on any atom is -0.352 e. The Kier molecular flexibility index (Phi) is 5.61. The topological polar surface area (TPSA) is 49.4 Å². The van der Waals surface area contributed by atoms with E-state index >= 15 is 0 Å². The minimum absolute atomic E-state index is 0.00629. The van der Waals surface area contributed by atoms with Gasteiger partial charge in [-0.15, -0.1) is 0 Å². The molecule has 1 heterocycles. The molecule has 2 aromatic rings. The normalized spacial score (nSPS) is 17.4. The van der Waals surface area contributed by atoms with Crippen LogP contribution in [0, 0.1) is 5.92 Å². The van der Waals surface area contributed by atoms with E-state index in [0.29, 0.717) is 18.0 Å². The molecule has 3 rings (SSSR count). The summed E-state index contributed by atoms with van der Waals surface area (Å²) in [5.41, 5.74) is 2.64. The van der Waals surface area contributed by atoms with Gasteiger partial charge in [0.1, 0.15) is 0 Å². The number of carbonyl (C=O) groups excluding carboxylic acids is 2. The summed E-state index contributed by atoms with van der Waals surface area (Å²) in [6.45, 7) is 5.15. The largest absolute Gasteiger partial charge is 0.352 e. The van der Waals surface area contributed by atoms with Crippen LogP contribution in [0.25, 0.3) is 0 Å². The van der Waals surface area contributed by atoms with Crippen molar-refractivity contribution in [3.05, 3.63) is 71.3 Å². The highest BCUT2D eigenvalue weighted by Gasteiger charge is 2.23. The van der Waals surface area contributed by atoms with Gasteiger partial charge in [-0.1, -0.05) is 36.4 Å². The summed E-state index contributed by atoms with van der Waals surface area (Å²) in [6, 6.07) is 17.2. The van der Waals surface area contributed by atoms with Crippen LogP contribution in [0.3, 0.4) is 0 Å². The van der Waals surface area contributed by atoms with E-state index in [-0.39, 0.29) is 11.7 Å². The third-order valence-electron chi connectivity index (χ3n) is 4.70. The summed E-state index contributed by atoms with van der Waals surface area (Å²) in [5.74, 6) is 0.571. The van der Waals surface area contributed by atoms with Crippen molar-refractivity contribution >= 4 is 11.7 Å². The maximum Gasteiger partial charge on any atom is 0.251 e. The van der Waals surface area contributed by atoms with E-state index in [1.807, 2.05) is 48.5 Å². The van der Waals surface area contributed by atoms with Gasteiger partial charge in [-0.2, -0.15) is 0 Å². The van der Waals surface area contributed by atoms with Crippen molar-refractivity contribution in [1.82, 2.24) is 10.2 Å². The average Bonchev–Trinajstić information content (AvgIpc) is 3.08. The van der Waals surface area contributed by atoms with Crippen molar-refractivity contribution in [3.63, 3.8) is 0 Å². The van der Waals surface area contributed by atoms with Gasteiger partial charge in [-0.3, -0.25) is 14.5 Å². The smallest absolute Gasteiger partial charge is 0.251 e. The van der Waals surface area contributed by atoms with E-state index in [0.717, 1.165) is 31.6 Å². The summed E-state index contributed by atoms with van der Waals surface area (Å²) in [4.78, 5) is 26.0. The second kappa shape index (κ2) is 8.08. The molecule has 1 fully saturated rings. The van der Waals surface area contributed by atoms with Crippen molar-refractivity contribution in [2.75, 3.05) is 19.6 Å². The Hall–Kier alpha value is -2.46. The molecule has 1 atom stereocenters. The standard InChI is InChI=1S/C21H24N2O2/c1-16(24)20-9-5-6-17(12-20)14-23-11-10-18(15-23)13-22-21(25)19-7-3-2-4-8-19/h2-9,12,18H,10-11,13-15H2,1H3,(H,22,25)/t18-/m0/s1. The quantitative estimate of drug-likeness (QED) is 0.825. The Morgan fingerprint density at radius 3 is 2.60 bits per heavy atom. The molecule has 4 heteroatoms. The molecule has 0 aliphatic carbocycles. The minimum atomic E-state index is -0.00629. The van der Waals surface area contributed by atoms with E-state index in [1.54, 1.807) is 6.92 Å². The van der Waals surface area contributed by atoms with E-state index in [1.165, 1.54) is 5.56 Å². The molecule has 0 aromatic heterocycles. The fourth-order valence-corrected chi connectivity index (χ4v) is 3.30. The average molecular weight is 336 g/mol. The number of ketones is 1. The van der Waals surface area contributed by atoms with Gasteiger partial charge in [0.15, 0.2) is 5.78 Å². The lowest BCUT2D eigenvalue weighted by atomic mass is 10.1. The summed E-state index contributed by atoms with van der Waals surface area (Å²) < 4.78 is 0. The Labute approximate surface area is 148 Å². The van der Waals surface area contributed by atoms with Gasteiger partial charge in [0.25, 0.3) is 5.91 Å². The molecule has 0 saturated carbocycles. The van der Waals surface area contributed by atoms with Crippen LogP contribution in [0.2, 0.25) is 0 Å². The van der Waals surface area contributed by atoms with E-state index in [9.17, 15) is 9.59 Å². The first-order chi connectivity index (χ1) is 12.1. The number of nitrogens with one attached hydrogen (secondary N) is 1. The highest BCUT2D eigenvalue weighted by atomic mass is 16.1. The highest BCUT2D eigenvalue weighted by Crippen LogP contribution is 2.19. The number of benzene rings is 2. The van der Waals surface area contributed by atoms with Crippen LogP contribution >= 0.6 is 0 Å². The number of amides is 1. The molecule has 1 aliphatic heterocycles. The predicted molar refractivity (Wildman–Crippen MR) is 98.6 cm³/mol. The molecule has 0 spiro atoms. The molecule has 25 heavy (non-hydrogen) atoms. The van der Waals surface area contributed by atoms with E-state index < -0.39 is 0 Å². The molecule has 130 valence electrons. The van der Waals surface area contributed by atoms with Crippen molar-refractivity contribution in [1.29, 1.82) is 0 Å². The Bertz CT molecular complexity index is 743. The van der Waals surface area contributed by atoms with Crippen LogP contribution < -0.4 is 5.32 Å². The molecule has 1 amide bonds. The van der Waals surface area contributed by atoms with Crippen molar-refractivity contribution in [3.8, 4) is 0 Å². The number of likely N-dealkylation sites (tertiary alicyclic amines) is 1.